The van der Waals surface area contributed by atoms with Crippen molar-refractivity contribution in [3.63, 3.8) is 0 Å². The molecule has 0 aliphatic rings. The van der Waals surface area contributed by atoms with E-state index in [1.165, 1.54) is 0 Å². The molecule has 4 nitrogen and oxygen atoms in total. The molecule has 0 aromatic carbocycles. The van der Waals surface area contributed by atoms with Crippen LogP contribution in [0.2, 0.25) is 0 Å². The fourth-order valence-electron chi connectivity index (χ4n) is 1.01. The number of amides is 1. The van der Waals surface area contributed by atoms with Crippen LogP contribution in [0.1, 0.15) is 26.2 Å². The Kier molecular flexibility index (Phi) is 7.28. The first-order valence-electron chi connectivity index (χ1n) is 4.63. The summed E-state index contributed by atoms with van der Waals surface area (Å²) in [5, 5.41) is 11.3. The lowest BCUT2D eigenvalue weighted by atomic mass is 10.1. The molecular formula is C9H17NO3S. The zero-order valence-electron chi connectivity index (χ0n) is 8.58. The maximum Gasteiger partial charge on any atom is 0.326 e. The first kappa shape index (κ1) is 13.3. The van der Waals surface area contributed by atoms with Gasteiger partial charge in [0.15, 0.2) is 0 Å². The molecule has 0 unspecified atom stereocenters. The number of hydrogen-bond acceptors (Lipinski definition) is 3. The molecule has 0 aliphatic carbocycles. The van der Waals surface area contributed by atoms with Crippen molar-refractivity contribution in [3.05, 3.63) is 0 Å². The molecule has 0 aromatic rings. The molecule has 0 spiro atoms. The van der Waals surface area contributed by atoms with Crippen LogP contribution >= 0.6 is 11.8 Å². The molecule has 0 fully saturated rings. The number of carbonyl (C=O) groups is 2. The predicted octanol–water partition coefficient (Wildman–Crippen LogP) is 1.11. The Hall–Kier alpha value is -0.710. The third-order valence-electron chi connectivity index (χ3n) is 1.74. The number of carboxylic acids is 1. The van der Waals surface area contributed by atoms with E-state index < -0.39 is 12.0 Å². The largest absolute Gasteiger partial charge is 0.480 e. The van der Waals surface area contributed by atoms with Crippen LogP contribution in [0.5, 0.6) is 0 Å². The van der Waals surface area contributed by atoms with Crippen molar-refractivity contribution in [2.24, 2.45) is 0 Å². The lowest BCUT2D eigenvalue weighted by molar-refractivity contribution is -0.142. The lowest BCUT2D eigenvalue weighted by Gasteiger charge is -2.12. The Morgan fingerprint density at radius 3 is 2.57 bits per heavy atom. The monoisotopic (exact) mass is 219 g/mol. The summed E-state index contributed by atoms with van der Waals surface area (Å²) in [4.78, 5) is 21.9. The third-order valence-corrected chi connectivity index (χ3v) is 2.36. The Balaban J connectivity index is 3.90. The minimum atomic E-state index is -0.954. The van der Waals surface area contributed by atoms with Crippen molar-refractivity contribution < 1.29 is 14.7 Å². The minimum absolute atomic E-state index is 0.180. The lowest BCUT2D eigenvalue weighted by Crippen LogP contribution is -2.40. The van der Waals surface area contributed by atoms with E-state index in [9.17, 15) is 9.59 Å². The maximum atomic E-state index is 11.2. The van der Waals surface area contributed by atoms with Gasteiger partial charge >= 0.3 is 5.97 Å². The maximum absolute atomic E-state index is 11.2. The van der Waals surface area contributed by atoms with E-state index in [2.05, 4.69) is 5.32 Å². The normalized spacial score (nSPS) is 12.1. The third kappa shape index (κ3) is 5.85. The number of carbonyl (C=O) groups excluding carboxylic acids is 1. The zero-order chi connectivity index (χ0) is 11.0. The summed E-state index contributed by atoms with van der Waals surface area (Å²) in [6.07, 6.45) is 3.53. The average molecular weight is 219 g/mol. The molecule has 2 N–H and O–H groups in total. The van der Waals surface area contributed by atoms with Crippen molar-refractivity contribution in [1.29, 1.82) is 0 Å². The number of hydrogen-bond donors (Lipinski definition) is 2. The van der Waals surface area contributed by atoms with Crippen LogP contribution in [0.25, 0.3) is 0 Å². The predicted molar refractivity (Wildman–Crippen MR) is 57.5 cm³/mol. The summed E-state index contributed by atoms with van der Waals surface area (Å²) >= 11 is 1.57. The highest BCUT2D eigenvalue weighted by Crippen LogP contribution is 1.99. The highest BCUT2D eigenvalue weighted by Gasteiger charge is 2.17. The van der Waals surface area contributed by atoms with Crippen molar-refractivity contribution >= 4 is 23.6 Å². The van der Waals surface area contributed by atoms with E-state index in [1.807, 2.05) is 13.2 Å². The smallest absolute Gasteiger partial charge is 0.326 e. The molecule has 82 valence electrons. The number of carboxylic acid groups (broad SMARTS) is 1. The standard InChI is InChI=1S/C9H17NO3S/c1-3-4-7(9(12)13)10-8(11)5-6-14-2/h7H,3-6H2,1-2H3,(H,10,11)(H,12,13)/t7-/m0/s1. The van der Waals surface area contributed by atoms with E-state index in [1.54, 1.807) is 11.8 Å². The van der Waals surface area contributed by atoms with Gasteiger partial charge in [-0.1, -0.05) is 13.3 Å². The van der Waals surface area contributed by atoms with E-state index in [0.29, 0.717) is 12.8 Å². The molecule has 0 aromatic heterocycles. The van der Waals surface area contributed by atoms with Gasteiger partial charge in [-0.15, -0.1) is 0 Å². The second-order valence-corrected chi connectivity index (χ2v) is 3.98. The van der Waals surface area contributed by atoms with Gasteiger partial charge in [-0.05, 0) is 12.7 Å². The van der Waals surface area contributed by atoms with Crippen molar-refractivity contribution in [1.82, 2.24) is 5.32 Å². The van der Waals surface area contributed by atoms with Crippen LogP contribution in [0.3, 0.4) is 0 Å². The second-order valence-electron chi connectivity index (χ2n) is 2.99. The summed E-state index contributed by atoms with van der Waals surface area (Å²) < 4.78 is 0. The molecule has 0 heterocycles. The minimum Gasteiger partial charge on any atom is -0.480 e. The van der Waals surface area contributed by atoms with Gasteiger partial charge in [0.05, 0.1) is 0 Å². The van der Waals surface area contributed by atoms with Gasteiger partial charge in [0.1, 0.15) is 6.04 Å². The van der Waals surface area contributed by atoms with Gasteiger partial charge in [-0.2, -0.15) is 11.8 Å². The number of rotatable bonds is 7. The number of nitrogens with one attached hydrogen (secondary N) is 1. The molecule has 0 bridgehead atoms. The SMILES string of the molecule is CCC[C@H](NC(=O)CCSC)C(=O)O. The molecule has 5 heteroatoms. The van der Waals surface area contributed by atoms with Gasteiger partial charge < -0.3 is 10.4 Å². The van der Waals surface area contributed by atoms with Crippen LogP contribution in [0.4, 0.5) is 0 Å². The fourth-order valence-corrected chi connectivity index (χ4v) is 1.40. The van der Waals surface area contributed by atoms with Crippen molar-refractivity contribution in [3.8, 4) is 0 Å². The van der Waals surface area contributed by atoms with Gasteiger partial charge in [0.25, 0.3) is 0 Å². The first-order valence-corrected chi connectivity index (χ1v) is 6.02. The van der Waals surface area contributed by atoms with Gasteiger partial charge in [-0.3, -0.25) is 4.79 Å². The van der Waals surface area contributed by atoms with Gasteiger partial charge in [-0.25, -0.2) is 4.79 Å². The molecule has 0 aliphatic heterocycles. The molecule has 1 atom stereocenters. The van der Waals surface area contributed by atoms with Crippen molar-refractivity contribution in [2.45, 2.75) is 32.2 Å². The average Bonchev–Trinajstić information content (AvgIpc) is 2.14. The highest BCUT2D eigenvalue weighted by atomic mass is 32.2. The molecule has 0 rings (SSSR count). The molecule has 0 saturated carbocycles. The molecule has 14 heavy (non-hydrogen) atoms. The summed E-state index contributed by atoms with van der Waals surface area (Å²) in [6, 6.07) is -0.727. The van der Waals surface area contributed by atoms with Gasteiger partial charge in [0, 0.05) is 12.2 Å². The summed E-state index contributed by atoms with van der Waals surface area (Å²) in [7, 11) is 0. The Morgan fingerprint density at radius 2 is 2.14 bits per heavy atom. The van der Waals surface area contributed by atoms with Crippen LogP contribution in [0.15, 0.2) is 0 Å². The second kappa shape index (κ2) is 7.67. The van der Waals surface area contributed by atoms with Crippen LogP contribution < -0.4 is 5.32 Å². The first-order chi connectivity index (χ1) is 6.61. The van der Waals surface area contributed by atoms with E-state index in [0.717, 1.165) is 12.2 Å². The van der Waals surface area contributed by atoms with E-state index in [4.69, 9.17) is 5.11 Å². The molecule has 0 saturated heterocycles. The van der Waals surface area contributed by atoms with Crippen LogP contribution in [-0.4, -0.2) is 35.0 Å². The number of thioether (sulfide) groups is 1. The van der Waals surface area contributed by atoms with Crippen LogP contribution in [0, 0.1) is 0 Å². The Morgan fingerprint density at radius 1 is 1.50 bits per heavy atom. The topological polar surface area (TPSA) is 66.4 Å². The van der Waals surface area contributed by atoms with E-state index >= 15 is 0 Å². The molecule has 1 amide bonds. The van der Waals surface area contributed by atoms with E-state index in [-0.39, 0.29) is 5.91 Å². The fraction of sp³-hybridized carbons (Fsp3) is 0.778. The molecular weight excluding hydrogens is 202 g/mol. The zero-order valence-corrected chi connectivity index (χ0v) is 9.39. The highest BCUT2D eigenvalue weighted by molar-refractivity contribution is 7.98. The summed E-state index contributed by atoms with van der Waals surface area (Å²) in [5.74, 6) is -0.408. The molecule has 0 radical (unpaired) electrons. The van der Waals surface area contributed by atoms with Gasteiger partial charge in [0.2, 0.25) is 5.91 Å². The van der Waals surface area contributed by atoms with Crippen molar-refractivity contribution in [2.75, 3.05) is 12.0 Å². The summed E-state index contributed by atoms with van der Waals surface area (Å²) in [6.45, 7) is 1.89. The Labute approximate surface area is 88.4 Å². The quantitative estimate of drug-likeness (QED) is 0.673. The number of aliphatic carboxylic acids is 1. The summed E-state index contributed by atoms with van der Waals surface area (Å²) in [5.41, 5.74) is 0. The van der Waals surface area contributed by atoms with Crippen LogP contribution in [-0.2, 0) is 9.59 Å². The Bertz CT molecular complexity index is 196.